The van der Waals surface area contributed by atoms with Crippen molar-refractivity contribution in [1.82, 2.24) is 28.0 Å². The molecule has 0 heterocycles. The van der Waals surface area contributed by atoms with E-state index in [1.807, 2.05) is 0 Å². The second-order valence-corrected chi connectivity index (χ2v) is 12.6. The third kappa shape index (κ3) is 17.1. The Morgan fingerprint density at radius 3 is 0.542 bits per heavy atom. The van der Waals surface area contributed by atoms with Gasteiger partial charge in [0, 0.05) is 84.6 Å². The molecule has 0 aliphatic rings. The summed E-state index contributed by atoms with van der Waals surface area (Å²) in [5.74, 6) is 0. The van der Waals surface area contributed by atoms with Crippen LogP contribution in [0.1, 0.15) is 0 Å². The molecule has 12 heteroatoms. The fraction of sp³-hybridized carbons (Fsp3) is 1.00. The third-order valence-electron chi connectivity index (χ3n) is 2.40. The summed E-state index contributed by atoms with van der Waals surface area (Å²) < 4.78 is 13.6. The smallest absolute Gasteiger partial charge is 0.212 e. The minimum absolute atomic E-state index is 0. The molecule has 0 rings (SSSR count). The third-order valence-corrected chi connectivity index (χ3v) is 7.20. The van der Waals surface area contributed by atoms with E-state index < -0.39 is 16.7 Å². The van der Waals surface area contributed by atoms with Crippen LogP contribution in [-0.2, 0) is 0 Å². The molecule has 24 heavy (non-hydrogen) atoms. The molecule has 9 nitrogen and oxygen atoms in total. The molecule has 0 amide bonds. The molecule has 0 bridgehead atoms. The fourth-order valence-electron chi connectivity index (χ4n) is 2.40. The van der Waals surface area contributed by atoms with Gasteiger partial charge in [0.05, 0.1) is 0 Å². The lowest BCUT2D eigenvalue weighted by atomic mass is 11.2. The van der Waals surface area contributed by atoms with Crippen LogP contribution in [0.15, 0.2) is 0 Å². The van der Waals surface area contributed by atoms with Crippen LogP contribution in [0.25, 0.3) is 16.0 Å². The Hall–Kier alpha value is 0.220. The zero-order valence-corrected chi connectivity index (χ0v) is 20.2. The standard InChI is InChI=1S/2C6H18N3P.ClH.N3/c2*1-7(2)10(8(3)4)9(5)6;;1-3-2/h2*1-6H3;1H;/q;;;-1/p+1. The van der Waals surface area contributed by atoms with Crippen LogP contribution < -0.4 is 12.4 Å². The molecule has 0 unspecified atom stereocenters. The zero-order valence-electron chi connectivity index (χ0n) is 17.4. The molecule has 0 radical (unpaired) electrons. The van der Waals surface area contributed by atoms with Crippen LogP contribution in [0.5, 0.6) is 0 Å². The highest BCUT2D eigenvalue weighted by atomic mass is 35.5. The van der Waals surface area contributed by atoms with Crippen molar-refractivity contribution >= 4 is 16.7 Å². The quantitative estimate of drug-likeness (QED) is 0.247. The van der Waals surface area contributed by atoms with Gasteiger partial charge in [-0.05, 0) is 0 Å². The molecule has 0 atom stereocenters. The van der Waals surface area contributed by atoms with Crippen molar-refractivity contribution < 1.29 is 12.4 Å². The van der Waals surface area contributed by atoms with Gasteiger partial charge in [0.2, 0.25) is 16.7 Å². The maximum Gasteiger partial charge on any atom is 0.212 e. The van der Waals surface area contributed by atoms with E-state index in [4.69, 9.17) is 11.1 Å². The van der Waals surface area contributed by atoms with Crippen LogP contribution in [-0.4, -0.2) is 113 Å². The first-order chi connectivity index (χ1) is 10.3. The molecule has 0 aliphatic heterocycles. The summed E-state index contributed by atoms with van der Waals surface area (Å²) in [7, 11) is 24.2. The zero-order chi connectivity index (χ0) is 19.3. The second-order valence-electron chi connectivity index (χ2n) is 6.06. The molecule has 0 aromatic heterocycles. The predicted molar refractivity (Wildman–Crippen MR) is 109 cm³/mol. The fourth-order valence-corrected chi connectivity index (χ4v) is 7.20. The topological polar surface area (TPSA) is 78.1 Å². The Balaban J connectivity index is -0.000000138. The van der Waals surface area contributed by atoms with Crippen LogP contribution in [0.3, 0.4) is 0 Å². The van der Waals surface area contributed by atoms with Gasteiger partial charge in [0.15, 0.2) is 0 Å². The highest BCUT2D eigenvalue weighted by Gasteiger charge is 2.25. The van der Waals surface area contributed by atoms with E-state index in [-0.39, 0.29) is 12.4 Å². The van der Waals surface area contributed by atoms with Crippen molar-refractivity contribution in [1.29, 1.82) is 0 Å². The Morgan fingerprint density at radius 1 is 0.458 bits per heavy atom. The van der Waals surface area contributed by atoms with E-state index in [1.165, 1.54) is 4.91 Å². The number of rotatable bonds is 6. The Bertz CT molecular complexity index is 247. The molecule has 0 aliphatic carbocycles. The minimum Gasteiger partial charge on any atom is -1.00 e. The van der Waals surface area contributed by atoms with Gasteiger partial charge in [-0.2, -0.15) is 28.0 Å². The van der Waals surface area contributed by atoms with E-state index in [0.29, 0.717) is 0 Å². The summed E-state index contributed by atoms with van der Waals surface area (Å²) >= 11 is 0. The summed E-state index contributed by atoms with van der Waals surface area (Å²) in [5.41, 5.74) is 13.5. The average molecular weight is 406 g/mol. The molecule has 0 saturated carbocycles. The number of halogens is 1. The number of hydrogen-bond acceptors (Lipinski definition) is 6. The van der Waals surface area contributed by atoms with Crippen LogP contribution in [0.2, 0.25) is 0 Å². The van der Waals surface area contributed by atoms with E-state index in [9.17, 15) is 0 Å². The van der Waals surface area contributed by atoms with Crippen molar-refractivity contribution in [2.45, 2.75) is 0 Å². The molecule has 0 spiro atoms. The van der Waals surface area contributed by atoms with Crippen LogP contribution in [0, 0.1) is 0 Å². The van der Waals surface area contributed by atoms with Gasteiger partial charge >= 0.3 is 0 Å². The van der Waals surface area contributed by atoms with Gasteiger partial charge in [0.1, 0.15) is 0 Å². The Kier molecular flexibility index (Phi) is 24.0. The maximum atomic E-state index is 6.75. The minimum atomic E-state index is -0.596. The van der Waals surface area contributed by atoms with Crippen molar-refractivity contribution in [3.8, 4) is 0 Å². The van der Waals surface area contributed by atoms with Gasteiger partial charge in [0.25, 0.3) is 0 Å². The van der Waals surface area contributed by atoms with E-state index in [1.54, 1.807) is 0 Å². The van der Waals surface area contributed by atoms with Crippen molar-refractivity contribution in [2.75, 3.05) is 84.6 Å². The van der Waals surface area contributed by atoms with Gasteiger partial charge in [-0.3, -0.25) is 4.91 Å². The summed E-state index contributed by atoms with van der Waals surface area (Å²) in [6, 6.07) is 0. The van der Waals surface area contributed by atoms with Crippen molar-refractivity contribution in [3.63, 3.8) is 0 Å². The number of nitrogens with zero attached hydrogens (tertiary/aromatic N) is 9. The summed E-state index contributed by atoms with van der Waals surface area (Å²) in [4.78, 5) is 1.50. The lowest BCUT2D eigenvalue weighted by Gasteiger charge is -2.25. The van der Waals surface area contributed by atoms with Crippen molar-refractivity contribution in [2.24, 2.45) is 0 Å². The summed E-state index contributed by atoms with van der Waals surface area (Å²) in [6.45, 7) is 0. The molecule has 0 N–H and O–H groups in total. The molecular weight excluding hydrogens is 368 g/mol. The monoisotopic (exact) mass is 405 g/mol. The van der Waals surface area contributed by atoms with Gasteiger partial charge in [-0.15, -0.1) is 0 Å². The predicted octanol–water partition coefficient (Wildman–Crippen LogP) is -0.869. The molecule has 148 valence electrons. The summed E-state index contributed by atoms with van der Waals surface area (Å²) in [6.07, 6.45) is 0. The van der Waals surface area contributed by atoms with Gasteiger partial charge in [-0.1, -0.05) is 0 Å². The molecule has 0 aromatic carbocycles. The lowest BCUT2D eigenvalue weighted by Crippen LogP contribution is -3.00. The first-order valence-corrected chi connectivity index (χ1v) is 9.79. The lowest BCUT2D eigenvalue weighted by molar-refractivity contribution is -0.00000547. The highest BCUT2D eigenvalue weighted by molar-refractivity contribution is 7.50. The maximum absolute atomic E-state index is 6.75. The van der Waals surface area contributed by atoms with E-state index in [2.05, 4.69) is 113 Å². The average Bonchev–Trinajstić information content (AvgIpc) is 2.26. The second kappa shape index (κ2) is 18.0. The highest BCUT2D eigenvalue weighted by Crippen LogP contribution is 2.41. The van der Waals surface area contributed by atoms with Crippen LogP contribution in [0.4, 0.5) is 0 Å². The largest absolute Gasteiger partial charge is 1.00 e. The first-order valence-electron chi connectivity index (χ1n) is 7.11. The Morgan fingerprint density at radius 2 is 0.542 bits per heavy atom. The van der Waals surface area contributed by atoms with E-state index >= 15 is 0 Å². The van der Waals surface area contributed by atoms with Gasteiger partial charge in [-0.25, -0.2) is 0 Å². The Labute approximate surface area is 158 Å². The normalized spacial score (nSPS) is 10.8. The molecule has 0 aromatic rings. The van der Waals surface area contributed by atoms with Gasteiger partial charge < -0.3 is 23.5 Å². The summed E-state index contributed by atoms with van der Waals surface area (Å²) in [5, 5.41) is 0. The number of hydrogen-bond donors (Lipinski definition) is 0. The molecule has 0 saturated heterocycles. The van der Waals surface area contributed by atoms with E-state index in [0.717, 1.165) is 0 Å². The van der Waals surface area contributed by atoms with Crippen LogP contribution >= 0.6 is 16.7 Å². The first kappa shape index (κ1) is 31.9. The molecule has 0 fully saturated rings. The SMILES string of the molecule is CN(C)[PH+](N(C)C)N(C)C.CN(C)[PH+](N(C)C)N(C)C.[Cl-].[N-]=[N+]=[N-]. The van der Waals surface area contributed by atoms with Crippen molar-refractivity contribution in [3.05, 3.63) is 16.0 Å². The molecular formula is C12H38ClN9P2.